The Morgan fingerprint density at radius 2 is 1.82 bits per heavy atom. The average Bonchev–Trinajstić information content (AvgIpc) is 3.03. The van der Waals surface area contributed by atoms with Crippen LogP contribution in [-0.2, 0) is 11.3 Å². The van der Waals surface area contributed by atoms with Gasteiger partial charge in [0.1, 0.15) is 5.75 Å². The van der Waals surface area contributed by atoms with Crippen LogP contribution in [0, 0.1) is 5.92 Å². The second kappa shape index (κ2) is 17.5. The van der Waals surface area contributed by atoms with E-state index in [9.17, 15) is 14.7 Å². The Hall–Kier alpha value is -3.21. The van der Waals surface area contributed by atoms with Crippen molar-refractivity contribution in [1.29, 1.82) is 0 Å². The molecule has 4 atom stereocenters. The smallest absolute Gasteiger partial charge is 0.319 e. The lowest BCUT2D eigenvalue weighted by atomic mass is 9.96. The van der Waals surface area contributed by atoms with E-state index >= 15 is 0 Å². The largest absolute Gasteiger partial charge is 0.490 e. The van der Waals surface area contributed by atoms with Crippen molar-refractivity contribution >= 4 is 17.6 Å². The third-order valence-corrected chi connectivity index (χ3v) is 8.94. The standard InChI is InChI=1S/C35H53N5O5/c1-25-21-40(26(2)24-41)34(42)31-20-30(38-35(43)37-29-11-6-5-7-12-29)13-14-32(31)45-27(3)10-8-9-19-44-33(25)23-39(4)22-28-15-17-36-18-16-28/h13-18,20,25-27,29,33,41H,5-12,19,21-24H2,1-4H3,(H2,37,38,43)/t25-,26-,27+,33-/m0/s1. The number of carbonyl (C=O) groups is 2. The molecule has 0 saturated heterocycles. The summed E-state index contributed by atoms with van der Waals surface area (Å²) in [5, 5.41) is 16.2. The normalized spacial score (nSPS) is 23.0. The van der Waals surface area contributed by atoms with Crippen LogP contribution < -0.4 is 15.4 Å². The molecule has 2 heterocycles. The molecule has 45 heavy (non-hydrogen) atoms. The summed E-state index contributed by atoms with van der Waals surface area (Å²) in [5.41, 5.74) is 2.07. The first-order valence-electron chi connectivity index (χ1n) is 16.7. The molecule has 3 amide bonds. The van der Waals surface area contributed by atoms with Gasteiger partial charge in [-0.25, -0.2) is 4.79 Å². The molecule has 4 rings (SSSR count). The molecule has 0 bridgehead atoms. The fraction of sp³-hybridized carbons (Fsp3) is 0.629. The number of aliphatic hydroxyl groups is 1. The zero-order valence-corrected chi connectivity index (χ0v) is 27.5. The lowest BCUT2D eigenvalue weighted by Crippen LogP contribution is -2.47. The second-order valence-corrected chi connectivity index (χ2v) is 13.0. The number of likely N-dealkylation sites (N-methyl/N-ethyl adjacent to an activating group) is 1. The predicted octanol–water partition coefficient (Wildman–Crippen LogP) is 5.46. The van der Waals surface area contributed by atoms with Gasteiger partial charge in [-0.15, -0.1) is 0 Å². The van der Waals surface area contributed by atoms with Gasteiger partial charge in [-0.05, 0) is 88.9 Å². The van der Waals surface area contributed by atoms with E-state index < -0.39 is 6.04 Å². The van der Waals surface area contributed by atoms with Crippen LogP contribution in [-0.4, -0.2) is 89.5 Å². The molecular formula is C35H53N5O5. The van der Waals surface area contributed by atoms with Crippen molar-refractivity contribution < 1.29 is 24.2 Å². The van der Waals surface area contributed by atoms with E-state index in [4.69, 9.17) is 9.47 Å². The molecule has 0 radical (unpaired) electrons. The fourth-order valence-corrected chi connectivity index (χ4v) is 6.23. The number of urea groups is 1. The van der Waals surface area contributed by atoms with E-state index in [0.717, 1.165) is 51.5 Å². The van der Waals surface area contributed by atoms with Crippen molar-refractivity contribution in [3.05, 3.63) is 53.9 Å². The molecule has 248 valence electrons. The molecule has 2 aliphatic rings. The Morgan fingerprint density at radius 1 is 1.09 bits per heavy atom. The number of benzene rings is 1. The highest BCUT2D eigenvalue weighted by Gasteiger charge is 2.30. The molecule has 3 N–H and O–H groups in total. The monoisotopic (exact) mass is 623 g/mol. The summed E-state index contributed by atoms with van der Waals surface area (Å²) in [7, 11) is 2.08. The number of anilines is 1. The average molecular weight is 624 g/mol. The van der Waals surface area contributed by atoms with Gasteiger partial charge in [0.15, 0.2) is 0 Å². The molecule has 1 aromatic carbocycles. The van der Waals surface area contributed by atoms with Crippen LogP contribution in [0.15, 0.2) is 42.7 Å². The van der Waals surface area contributed by atoms with Crippen LogP contribution in [0.2, 0.25) is 0 Å². The van der Waals surface area contributed by atoms with Gasteiger partial charge >= 0.3 is 6.03 Å². The van der Waals surface area contributed by atoms with E-state index in [2.05, 4.69) is 34.5 Å². The first kappa shape index (κ1) is 34.7. The minimum atomic E-state index is -0.431. The van der Waals surface area contributed by atoms with Crippen molar-refractivity contribution in [2.75, 3.05) is 38.7 Å². The summed E-state index contributed by atoms with van der Waals surface area (Å²) in [5.74, 6) is 0.218. The summed E-state index contributed by atoms with van der Waals surface area (Å²) < 4.78 is 12.8. The quantitative estimate of drug-likeness (QED) is 0.358. The topological polar surface area (TPSA) is 116 Å². The maximum Gasteiger partial charge on any atom is 0.319 e. The number of nitrogens with zero attached hydrogens (tertiary/aromatic N) is 3. The summed E-state index contributed by atoms with van der Waals surface area (Å²) in [6, 6.07) is 8.76. The molecule has 1 saturated carbocycles. The van der Waals surface area contributed by atoms with Gasteiger partial charge in [-0.3, -0.25) is 14.7 Å². The number of nitrogens with one attached hydrogen (secondary N) is 2. The Labute approximate surface area is 268 Å². The molecule has 1 aliphatic carbocycles. The number of aromatic nitrogens is 1. The minimum Gasteiger partial charge on any atom is -0.490 e. The van der Waals surface area contributed by atoms with Crippen molar-refractivity contribution in [3.63, 3.8) is 0 Å². The number of fused-ring (bicyclic) bond motifs is 1. The molecule has 0 unspecified atom stereocenters. The number of ether oxygens (including phenoxy) is 2. The Morgan fingerprint density at radius 3 is 2.56 bits per heavy atom. The lowest BCUT2D eigenvalue weighted by Gasteiger charge is -2.36. The minimum absolute atomic E-state index is 0.0170. The SMILES string of the molecule is C[C@@H]1CCCCO[C@@H](CN(C)Cc2ccncc2)[C@@H](C)CN([C@@H](C)CO)C(=O)c2cc(NC(=O)NC3CCCCC3)ccc2O1. The van der Waals surface area contributed by atoms with Crippen molar-refractivity contribution in [3.8, 4) is 5.75 Å². The molecule has 2 aromatic rings. The molecule has 0 spiro atoms. The van der Waals surface area contributed by atoms with Gasteiger partial charge in [-0.1, -0.05) is 26.2 Å². The third kappa shape index (κ3) is 10.7. The number of carbonyl (C=O) groups excluding carboxylic acids is 2. The Balaban J connectivity index is 1.56. The predicted molar refractivity (Wildman–Crippen MR) is 176 cm³/mol. The molecule has 1 aliphatic heterocycles. The summed E-state index contributed by atoms with van der Waals surface area (Å²) in [6.45, 7) is 8.26. The van der Waals surface area contributed by atoms with Crippen molar-refractivity contribution in [1.82, 2.24) is 20.1 Å². The van der Waals surface area contributed by atoms with E-state index in [-0.39, 0.29) is 42.7 Å². The van der Waals surface area contributed by atoms with Gasteiger partial charge in [0.05, 0.1) is 30.4 Å². The first-order chi connectivity index (χ1) is 21.7. The van der Waals surface area contributed by atoms with Crippen LogP contribution >= 0.6 is 0 Å². The molecule has 10 nitrogen and oxygen atoms in total. The van der Waals surface area contributed by atoms with E-state index in [1.165, 1.54) is 12.0 Å². The highest BCUT2D eigenvalue weighted by Crippen LogP contribution is 2.29. The number of pyridine rings is 1. The van der Waals surface area contributed by atoms with Crippen LogP contribution in [0.5, 0.6) is 5.75 Å². The van der Waals surface area contributed by atoms with Gasteiger partial charge in [0.2, 0.25) is 0 Å². The summed E-state index contributed by atoms with van der Waals surface area (Å²) >= 11 is 0. The third-order valence-electron chi connectivity index (χ3n) is 8.94. The van der Waals surface area contributed by atoms with Crippen LogP contribution in [0.3, 0.4) is 0 Å². The molecular weight excluding hydrogens is 570 g/mol. The summed E-state index contributed by atoms with van der Waals surface area (Å²) in [4.78, 5) is 35.3. The van der Waals surface area contributed by atoms with Crippen molar-refractivity contribution in [2.24, 2.45) is 5.92 Å². The van der Waals surface area contributed by atoms with Crippen LogP contribution in [0.4, 0.5) is 10.5 Å². The highest BCUT2D eigenvalue weighted by atomic mass is 16.5. The number of amides is 3. The zero-order chi connectivity index (χ0) is 32.2. The van der Waals surface area contributed by atoms with Gasteiger partial charge in [0.25, 0.3) is 5.91 Å². The fourth-order valence-electron chi connectivity index (χ4n) is 6.23. The first-order valence-corrected chi connectivity index (χ1v) is 16.7. The number of hydrogen-bond donors (Lipinski definition) is 3. The maximum absolute atomic E-state index is 14.3. The lowest BCUT2D eigenvalue weighted by molar-refractivity contribution is -0.0177. The summed E-state index contributed by atoms with van der Waals surface area (Å²) in [6.07, 6.45) is 11.5. The highest BCUT2D eigenvalue weighted by molar-refractivity contribution is 5.99. The molecule has 1 aromatic heterocycles. The molecule has 10 heteroatoms. The van der Waals surface area contributed by atoms with Gasteiger partial charge in [0, 0.05) is 56.3 Å². The Kier molecular flexibility index (Phi) is 13.5. The number of rotatable bonds is 8. The number of hydrogen-bond acceptors (Lipinski definition) is 7. The zero-order valence-electron chi connectivity index (χ0n) is 27.5. The maximum atomic E-state index is 14.3. The van der Waals surface area contributed by atoms with Gasteiger partial charge in [-0.2, -0.15) is 0 Å². The molecule has 1 fully saturated rings. The van der Waals surface area contributed by atoms with Crippen LogP contribution in [0.25, 0.3) is 0 Å². The Bertz CT molecular complexity index is 1210. The van der Waals surface area contributed by atoms with E-state index in [1.54, 1.807) is 35.5 Å². The van der Waals surface area contributed by atoms with E-state index in [0.29, 0.717) is 36.7 Å². The van der Waals surface area contributed by atoms with Crippen molar-refractivity contribution in [2.45, 2.75) is 103 Å². The van der Waals surface area contributed by atoms with Gasteiger partial charge < -0.3 is 30.1 Å². The van der Waals surface area contributed by atoms with Crippen LogP contribution in [0.1, 0.15) is 88.1 Å². The number of aliphatic hydroxyl groups excluding tert-OH is 1. The van der Waals surface area contributed by atoms with E-state index in [1.807, 2.05) is 26.0 Å². The second-order valence-electron chi connectivity index (χ2n) is 13.0.